The van der Waals surface area contributed by atoms with Gasteiger partial charge in [0.05, 0.1) is 17.4 Å². The highest BCUT2D eigenvalue weighted by molar-refractivity contribution is 6.31. The van der Waals surface area contributed by atoms with Crippen LogP contribution < -0.4 is 5.32 Å². The quantitative estimate of drug-likeness (QED) is 0.847. The first-order valence-corrected chi connectivity index (χ1v) is 5.95. The fraction of sp³-hybridized carbons (Fsp3) is 0.273. The molecule has 0 aliphatic carbocycles. The second-order valence-corrected chi connectivity index (χ2v) is 4.41. The van der Waals surface area contributed by atoms with E-state index >= 15 is 0 Å². The van der Waals surface area contributed by atoms with Gasteiger partial charge >= 0.3 is 0 Å². The third-order valence-corrected chi connectivity index (χ3v) is 2.59. The summed E-state index contributed by atoms with van der Waals surface area (Å²) in [6.45, 7) is 1.74. The molecule has 0 bridgehead atoms. The van der Waals surface area contributed by atoms with Crippen molar-refractivity contribution in [3.05, 3.63) is 35.1 Å². The fourth-order valence-corrected chi connectivity index (χ4v) is 1.67. The lowest BCUT2D eigenvalue weighted by Gasteiger charge is -2.11. The van der Waals surface area contributed by atoms with E-state index in [1.807, 2.05) is 0 Å². The maximum Gasteiger partial charge on any atom is 0.253 e. The second kappa shape index (κ2) is 5.77. The fourth-order valence-electron chi connectivity index (χ4n) is 1.50. The van der Waals surface area contributed by atoms with E-state index in [-0.39, 0.29) is 12.5 Å². The molecule has 0 radical (unpaired) electrons. The molecule has 0 aliphatic rings. The van der Waals surface area contributed by atoms with Crippen LogP contribution >= 0.6 is 11.6 Å². The molecule has 1 atom stereocenters. The summed E-state index contributed by atoms with van der Waals surface area (Å²) in [5.41, 5.74) is 0.845. The van der Waals surface area contributed by atoms with Crippen LogP contribution in [-0.4, -0.2) is 43.9 Å². The van der Waals surface area contributed by atoms with E-state index in [4.69, 9.17) is 11.6 Å². The van der Waals surface area contributed by atoms with E-state index in [0.717, 1.165) is 0 Å². The molecule has 0 fully saturated rings. The molecule has 1 aromatic carbocycles. The highest BCUT2D eigenvalue weighted by Gasteiger charge is 2.14. The molecule has 2 N–H and O–H groups in total. The summed E-state index contributed by atoms with van der Waals surface area (Å²) in [7, 11) is 0. The summed E-state index contributed by atoms with van der Waals surface area (Å²) >= 11 is 5.89. The average molecular weight is 282 g/mol. The summed E-state index contributed by atoms with van der Waals surface area (Å²) in [5, 5.41) is 23.0. The molecule has 0 saturated carbocycles. The van der Waals surface area contributed by atoms with Crippen molar-refractivity contribution in [1.29, 1.82) is 0 Å². The number of rotatable bonds is 4. The minimum atomic E-state index is -0.625. The highest BCUT2D eigenvalue weighted by Crippen LogP contribution is 2.18. The van der Waals surface area contributed by atoms with Crippen LogP contribution in [0.3, 0.4) is 0 Å². The Bertz CT molecular complexity index is 570. The van der Waals surface area contributed by atoms with Crippen molar-refractivity contribution in [3.63, 3.8) is 0 Å². The van der Waals surface area contributed by atoms with Crippen molar-refractivity contribution in [2.45, 2.75) is 13.0 Å². The van der Waals surface area contributed by atoms with Crippen molar-refractivity contribution in [2.75, 3.05) is 6.54 Å². The number of halogens is 1. The zero-order valence-corrected chi connectivity index (χ0v) is 10.9. The van der Waals surface area contributed by atoms with Gasteiger partial charge in [-0.1, -0.05) is 11.6 Å². The van der Waals surface area contributed by atoms with Crippen LogP contribution in [0.15, 0.2) is 24.5 Å². The number of aromatic nitrogens is 4. The van der Waals surface area contributed by atoms with Crippen LogP contribution in [0, 0.1) is 0 Å². The molecule has 1 amide bonds. The van der Waals surface area contributed by atoms with Gasteiger partial charge in [-0.2, -0.15) is 4.68 Å². The molecule has 19 heavy (non-hydrogen) atoms. The zero-order chi connectivity index (χ0) is 13.8. The predicted molar refractivity (Wildman–Crippen MR) is 68.2 cm³/mol. The maximum absolute atomic E-state index is 12.1. The Balaban J connectivity index is 2.33. The van der Waals surface area contributed by atoms with Crippen molar-refractivity contribution >= 4 is 17.5 Å². The van der Waals surface area contributed by atoms with Gasteiger partial charge in [-0.25, -0.2) is 0 Å². The summed E-state index contributed by atoms with van der Waals surface area (Å²) < 4.78 is 1.37. The second-order valence-electron chi connectivity index (χ2n) is 3.97. The largest absolute Gasteiger partial charge is 0.392 e. The van der Waals surface area contributed by atoms with Crippen LogP contribution in [0.4, 0.5) is 0 Å². The summed E-state index contributed by atoms with van der Waals surface area (Å²) in [5.74, 6) is -0.353. The van der Waals surface area contributed by atoms with Crippen molar-refractivity contribution in [3.8, 4) is 5.69 Å². The first kappa shape index (κ1) is 13.4. The standard InChI is InChI=1S/C11H12ClN5O2/c1-7(18)5-13-11(19)9-4-8(12)2-3-10(9)17-6-14-15-16-17/h2-4,6-7,18H,5H2,1H3,(H,13,19). The SMILES string of the molecule is CC(O)CNC(=O)c1cc(Cl)ccc1-n1cnnn1. The van der Waals surface area contributed by atoms with E-state index in [1.54, 1.807) is 19.1 Å². The van der Waals surface area contributed by atoms with Gasteiger partial charge in [-0.05, 0) is 35.5 Å². The van der Waals surface area contributed by atoms with Gasteiger partial charge in [-0.3, -0.25) is 4.79 Å². The number of nitrogens with zero attached hydrogens (tertiary/aromatic N) is 4. The molecule has 100 valence electrons. The number of carbonyl (C=O) groups excluding carboxylic acids is 1. The molecule has 0 spiro atoms. The van der Waals surface area contributed by atoms with E-state index in [0.29, 0.717) is 16.3 Å². The molecule has 7 nitrogen and oxygen atoms in total. The van der Waals surface area contributed by atoms with E-state index in [1.165, 1.54) is 17.1 Å². The number of aliphatic hydroxyl groups is 1. The zero-order valence-electron chi connectivity index (χ0n) is 10.1. The van der Waals surface area contributed by atoms with Gasteiger partial charge < -0.3 is 10.4 Å². The Morgan fingerprint density at radius 2 is 2.37 bits per heavy atom. The first-order chi connectivity index (χ1) is 9.08. The number of carbonyl (C=O) groups is 1. The lowest BCUT2D eigenvalue weighted by molar-refractivity contribution is 0.0924. The van der Waals surface area contributed by atoms with Gasteiger partial charge in [0.2, 0.25) is 0 Å². The van der Waals surface area contributed by atoms with Gasteiger partial charge in [0.15, 0.2) is 0 Å². The Kier molecular flexibility index (Phi) is 4.08. The van der Waals surface area contributed by atoms with Crippen molar-refractivity contribution in [2.24, 2.45) is 0 Å². The number of aliphatic hydroxyl groups excluding tert-OH is 1. The molecular formula is C11H12ClN5O2. The van der Waals surface area contributed by atoms with Gasteiger partial charge in [0, 0.05) is 11.6 Å². The monoisotopic (exact) mass is 281 g/mol. The van der Waals surface area contributed by atoms with Crippen LogP contribution in [0.25, 0.3) is 5.69 Å². The number of benzene rings is 1. The van der Waals surface area contributed by atoms with E-state index in [2.05, 4.69) is 20.8 Å². The Morgan fingerprint density at radius 1 is 1.58 bits per heavy atom. The molecule has 2 aromatic rings. The first-order valence-electron chi connectivity index (χ1n) is 5.57. The van der Waals surface area contributed by atoms with E-state index < -0.39 is 6.10 Å². The average Bonchev–Trinajstić information content (AvgIpc) is 2.89. The predicted octanol–water partition coefficient (Wildman–Crippen LogP) is 0.426. The minimum absolute atomic E-state index is 0.153. The number of amides is 1. The number of hydrogen-bond donors (Lipinski definition) is 2. The number of tetrazole rings is 1. The summed E-state index contributed by atoms with van der Waals surface area (Å²) in [6.07, 6.45) is 0.758. The molecule has 1 heterocycles. The molecule has 0 aliphatic heterocycles. The lowest BCUT2D eigenvalue weighted by atomic mass is 10.1. The van der Waals surface area contributed by atoms with E-state index in [9.17, 15) is 9.90 Å². The number of nitrogens with one attached hydrogen (secondary N) is 1. The Morgan fingerprint density at radius 3 is 3.00 bits per heavy atom. The van der Waals surface area contributed by atoms with Gasteiger partial charge in [-0.15, -0.1) is 5.10 Å². The maximum atomic E-state index is 12.1. The topological polar surface area (TPSA) is 92.9 Å². The normalized spacial score (nSPS) is 12.2. The molecular weight excluding hydrogens is 270 g/mol. The smallest absolute Gasteiger partial charge is 0.253 e. The lowest BCUT2D eigenvalue weighted by Crippen LogP contribution is -2.31. The molecule has 1 unspecified atom stereocenters. The summed E-state index contributed by atoms with van der Waals surface area (Å²) in [4.78, 5) is 12.1. The van der Waals surface area contributed by atoms with Gasteiger partial charge in [0.25, 0.3) is 5.91 Å². The molecule has 0 saturated heterocycles. The van der Waals surface area contributed by atoms with Crippen molar-refractivity contribution < 1.29 is 9.90 Å². The molecule has 2 rings (SSSR count). The van der Waals surface area contributed by atoms with Crippen LogP contribution in [0.1, 0.15) is 17.3 Å². The third-order valence-electron chi connectivity index (χ3n) is 2.36. The van der Waals surface area contributed by atoms with Crippen LogP contribution in [0.5, 0.6) is 0 Å². The van der Waals surface area contributed by atoms with Crippen LogP contribution in [0.2, 0.25) is 5.02 Å². The van der Waals surface area contributed by atoms with Crippen LogP contribution in [-0.2, 0) is 0 Å². The van der Waals surface area contributed by atoms with Gasteiger partial charge in [0.1, 0.15) is 6.33 Å². The minimum Gasteiger partial charge on any atom is -0.392 e. The molecule has 1 aromatic heterocycles. The molecule has 8 heteroatoms. The highest BCUT2D eigenvalue weighted by atomic mass is 35.5. The Labute approximate surface area is 114 Å². The Hall–Kier alpha value is -1.99. The number of hydrogen-bond acceptors (Lipinski definition) is 5. The third kappa shape index (κ3) is 3.27. The summed E-state index contributed by atoms with van der Waals surface area (Å²) in [6, 6.07) is 4.82. The van der Waals surface area contributed by atoms with Crippen molar-refractivity contribution in [1.82, 2.24) is 25.5 Å².